The number of carboxylic acid groups (broad SMARTS) is 2. The third kappa shape index (κ3) is 3.09. The summed E-state index contributed by atoms with van der Waals surface area (Å²) in [6, 6.07) is 12.8. The summed E-state index contributed by atoms with van der Waals surface area (Å²) >= 11 is 0. The van der Waals surface area contributed by atoms with E-state index in [0.717, 1.165) is 0 Å². The van der Waals surface area contributed by atoms with Crippen LogP contribution in [0.1, 0.15) is 11.1 Å². The molecule has 2 unspecified atom stereocenters. The van der Waals surface area contributed by atoms with E-state index in [1.54, 1.807) is 36.4 Å². The van der Waals surface area contributed by atoms with Crippen molar-refractivity contribution in [3.05, 3.63) is 59.7 Å². The molecule has 117 valence electrons. The molecule has 0 fully saturated rings. The van der Waals surface area contributed by atoms with E-state index in [-0.39, 0.29) is 114 Å². The number of aliphatic carboxylic acids is 2. The molecule has 0 aliphatic carbocycles. The summed E-state index contributed by atoms with van der Waals surface area (Å²) in [6.07, 6.45) is 0. The monoisotopic (exact) mass is 388 g/mol. The molecule has 25 heavy (non-hydrogen) atoms. The summed E-state index contributed by atoms with van der Waals surface area (Å²) < 4.78 is 5.53. The molecule has 7 nitrogen and oxygen atoms in total. The van der Waals surface area contributed by atoms with E-state index in [0.29, 0.717) is 11.4 Å². The third-order valence-corrected chi connectivity index (χ3v) is 4.12. The topological polar surface area (TPSA) is 114 Å². The third-order valence-electron chi connectivity index (χ3n) is 4.12. The Balaban J connectivity index is 0.00000113. The minimum atomic E-state index is -2.13. The molecule has 2 N–H and O–H groups in total. The maximum atomic E-state index is 11.9. The van der Waals surface area contributed by atoms with Crippen LogP contribution in [0.5, 0.6) is 0 Å². The molecule has 9 heteroatoms. The summed E-state index contributed by atoms with van der Waals surface area (Å²) in [5, 5.41) is 29.3. The first kappa shape index (κ1) is 21.5. The maximum absolute atomic E-state index is 11.9. The number of hydrogen-bond donors (Lipinski definition) is 2. The first-order chi connectivity index (χ1) is 11.0. The fourth-order valence-electron chi connectivity index (χ4n) is 3.11. The van der Waals surface area contributed by atoms with Gasteiger partial charge in [-0.25, -0.2) is 0 Å². The fraction of sp³-hybridized carbons (Fsp3) is 0.125. The largest absolute Gasteiger partial charge is 1.00 e. The smallest absolute Gasteiger partial charge is 0.545 e. The first-order valence-electron chi connectivity index (χ1n) is 6.88. The van der Waals surface area contributed by atoms with Gasteiger partial charge < -0.3 is 35.2 Å². The quantitative estimate of drug-likeness (QED) is 0.500. The van der Waals surface area contributed by atoms with Gasteiger partial charge in [-0.1, -0.05) is 36.4 Å². The number of ether oxygens (including phenoxy) is 1. The van der Waals surface area contributed by atoms with Crippen LogP contribution in [0.4, 0.5) is 11.4 Å². The normalized spacial score (nSPS) is 24.8. The SMILES string of the molecule is O=C([O-])C12Nc3ccccc3C(C(=O)[O-])(Nc3ccccc31)O2.[K+].[K]. The summed E-state index contributed by atoms with van der Waals surface area (Å²) in [5.74, 6) is -3.18. The Bertz CT molecular complexity index is 792. The Hall–Kier alpha value is 0.213. The van der Waals surface area contributed by atoms with E-state index in [4.69, 9.17) is 4.74 Å². The number of hydrogen-bond acceptors (Lipinski definition) is 7. The zero-order valence-corrected chi connectivity index (χ0v) is 19.9. The van der Waals surface area contributed by atoms with Gasteiger partial charge in [0.1, 0.15) is 0 Å². The molecule has 2 aromatic rings. The van der Waals surface area contributed by atoms with Gasteiger partial charge in [-0.05, 0) is 12.1 Å². The zero-order valence-electron chi connectivity index (χ0n) is 13.7. The van der Waals surface area contributed by atoms with Crippen molar-refractivity contribution >= 4 is 74.7 Å². The predicted octanol–water partition coefficient (Wildman–Crippen LogP) is -4.32. The van der Waals surface area contributed by atoms with Crippen molar-refractivity contribution in [2.45, 2.75) is 11.4 Å². The molecule has 1 radical (unpaired) electrons. The van der Waals surface area contributed by atoms with Crippen LogP contribution in [0.2, 0.25) is 0 Å². The van der Waals surface area contributed by atoms with E-state index in [1.165, 1.54) is 12.1 Å². The second kappa shape index (κ2) is 7.68. The number of benzene rings is 2. The molecule has 2 aliphatic heterocycles. The summed E-state index contributed by atoms with van der Waals surface area (Å²) in [7, 11) is 0. The first-order valence-corrected chi connectivity index (χ1v) is 6.88. The van der Waals surface area contributed by atoms with Crippen LogP contribution in [0, 0.1) is 0 Å². The van der Waals surface area contributed by atoms with Gasteiger partial charge in [0.05, 0.1) is 11.9 Å². The van der Waals surface area contributed by atoms with Crippen molar-refractivity contribution in [2.24, 2.45) is 0 Å². The molecular formula is C16H10K2N2O5-. The minimum absolute atomic E-state index is 0. The molecule has 0 saturated heterocycles. The number of para-hydroxylation sites is 2. The van der Waals surface area contributed by atoms with E-state index < -0.39 is 23.4 Å². The molecule has 2 bridgehead atoms. The number of nitrogens with one attached hydrogen (secondary N) is 2. The van der Waals surface area contributed by atoms with Crippen molar-refractivity contribution in [1.82, 2.24) is 0 Å². The average Bonchev–Trinajstić information content (AvgIpc) is 2.54. The van der Waals surface area contributed by atoms with E-state index in [1.807, 2.05) is 0 Å². The summed E-state index contributed by atoms with van der Waals surface area (Å²) in [4.78, 5) is 23.8. The van der Waals surface area contributed by atoms with Crippen LogP contribution < -0.4 is 72.2 Å². The van der Waals surface area contributed by atoms with Crippen LogP contribution in [0.15, 0.2) is 48.5 Å². The molecule has 0 saturated carbocycles. The Morgan fingerprint density at radius 3 is 1.52 bits per heavy atom. The Kier molecular flexibility index (Phi) is 6.61. The molecule has 0 spiro atoms. The van der Waals surface area contributed by atoms with Crippen LogP contribution in [-0.2, 0) is 25.8 Å². The Morgan fingerprint density at radius 2 is 1.16 bits per heavy atom. The number of anilines is 2. The van der Waals surface area contributed by atoms with Crippen molar-refractivity contribution in [2.75, 3.05) is 10.6 Å². The van der Waals surface area contributed by atoms with Gasteiger partial charge in [0.25, 0.3) is 0 Å². The number of carboxylic acids is 2. The Morgan fingerprint density at radius 1 is 0.800 bits per heavy atom. The summed E-state index contributed by atoms with van der Waals surface area (Å²) in [5.41, 5.74) is -3.17. The zero-order chi connectivity index (χ0) is 16.2. The molecular weight excluding hydrogens is 378 g/mol. The van der Waals surface area contributed by atoms with Crippen molar-refractivity contribution in [3.8, 4) is 0 Å². The maximum Gasteiger partial charge on any atom is 1.00 e. The van der Waals surface area contributed by atoms with Gasteiger partial charge in [0, 0.05) is 73.9 Å². The van der Waals surface area contributed by atoms with Crippen molar-refractivity contribution < 1.29 is 75.9 Å². The summed E-state index contributed by atoms with van der Waals surface area (Å²) in [6.45, 7) is 0. The average molecular weight is 388 g/mol. The van der Waals surface area contributed by atoms with E-state index >= 15 is 0 Å². The minimum Gasteiger partial charge on any atom is -0.545 e. The standard InChI is InChI=1S/C16H12N2O5.2K/c19-13(20)15-9-5-1-3-7-11(9)17-16(23-15,14(21)22)10-6-2-4-8-12(10)18-15;;/h1-8,17-18H,(H,19,20)(H,21,22);;/q;;+1/p-2. The fourth-order valence-corrected chi connectivity index (χ4v) is 3.11. The predicted molar refractivity (Wildman–Crippen MR) is 80.3 cm³/mol. The molecule has 2 heterocycles. The van der Waals surface area contributed by atoms with Crippen LogP contribution in [0.3, 0.4) is 0 Å². The second-order valence-corrected chi connectivity index (χ2v) is 5.38. The molecule has 2 aromatic carbocycles. The number of rotatable bonds is 2. The van der Waals surface area contributed by atoms with Crippen LogP contribution in [-0.4, -0.2) is 63.3 Å². The van der Waals surface area contributed by atoms with E-state index in [9.17, 15) is 19.8 Å². The van der Waals surface area contributed by atoms with Crippen molar-refractivity contribution in [3.63, 3.8) is 0 Å². The molecule has 0 aromatic heterocycles. The molecule has 2 atom stereocenters. The Labute approximate surface area is 228 Å². The van der Waals surface area contributed by atoms with Gasteiger partial charge in [-0.2, -0.15) is 0 Å². The van der Waals surface area contributed by atoms with Crippen LogP contribution in [0.25, 0.3) is 0 Å². The number of fused-ring (bicyclic) bond motifs is 6. The van der Waals surface area contributed by atoms with E-state index in [2.05, 4.69) is 10.6 Å². The second-order valence-electron chi connectivity index (χ2n) is 5.38. The van der Waals surface area contributed by atoms with Gasteiger partial charge in [0.15, 0.2) is 0 Å². The molecule has 0 amide bonds. The van der Waals surface area contributed by atoms with Gasteiger partial charge >= 0.3 is 51.4 Å². The number of carbonyl (C=O) groups is 2. The van der Waals surface area contributed by atoms with Gasteiger partial charge in [-0.3, -0.25) is 0 Å². The van der Waals surface area contributed by atoms with Gasteiger partial charge in [0.2, 0.25) is 11.4 Å². The number of carbonyl (C=O) groups excluding carboxylic acids is 2. The molecule has 4 rings (SSSR count). The van der Waals surface area contributed by atoms with Crippen LogP contribution >= 0.6 is 0 Å². The van der Waals surface area contributed by atoms with Crippen molar-refractivity contribution in [1.29, 1.82) is 0 Å². The van der Waals surface area contributed by atoms with Gasteiger partial charge in [-0.15, -0.1) is 0 Å². The molecule has 2 aliphatic rings.